The van der Waals surface area contributed by atoms with Crippen molar-refractivity contribution in [3.05, 3.63) is 60.2 Å². The molecule has 1 fully saturated rings. The second-order valence-corrected chi connectivity index (χ2v) is 5.38. The summed E-state index contributed by atoms with van der Waals surface area (Å²) in [4.78, 5) is 5.94. The van der Waals surface area contributed by atoms with Gasteiger partial charge in [0.1, 0.15) is 5.75 Å². The van der Waals surface area contributed by atoms with Gasteiger partial charge in [-0.1, -0.05) is 36.4 Å². The van der Waals surface area contributed by atoms with Gasteiger partial charge in [-0.05, 0) is 36.5 Å². The van der Waals surface area contributed by atoms with E-state index in [0.29, 0.717) is 5.92 Å². The maximum atomic E-state index is 5.94. The van der Waals surface area contributed by atoms with Gasteiger partial charge >= 0.3 is 0 Å². The molecule has 0 saturated carbocycles. The van der Waals surface area contributed by atoms with E-state index in [1.165, 1.54) is 5.56 Å². The van der Waals surface area contributed by atoms with Crippen LogP contribution in [-0.4, -0.2) is 25.3 Å². The van der Waals surface area contributed by atoms with Gasteiger partial charge in [0, 0.05) is 19.2 Å². The molecule has 2 aromatic rings. The summed E-state index contributed by atoms with van der Waals surface area (Å²) < 4.78 is 5.22. The lowest BCUT2D eigenvalue weighted by Gasteiger charge is -2.31. The zero-order valence-corrected chi connectivity index (χ0v) is 12.4. The number of rotatable bonds is 4. The Kier molecular flexibility index (Phi) is 4.41. The van der Waals surface area contributed by atoms with Gasteiger partial charge in [-0.25, -0.2) is 0 Å². The minimum atomic E-state index is 0.649. The van der Waals surface area contributed by atoms with Crippen LogP contribution in [0.25, 0.3) is 0 Å². The minimum Gasteiger partial charge on any atom is -0.497 e. The Morgan fingerprint density at radius 1 is 0.905 bits per heavy atom. The number of hydroxylamine groups is 2. The molecule has 1 aliphatic rings. The van der Waals surface area contributed by atoms with E-state index in [0.717, 1.165) is 37.4 Å². The molecule has 0 aromatic heterocycles. The Hall–Kier alpha value is -2.00. The highest BCUT2D eigenvalue weighted by molar-refractivity contribution is 5.32. The van der Waals surface area contributed by atoms with Gasteiger partial charge in [-0.3, -0.25) is 0 Å². The molecule has 0 bridgehead atoms. The third-order valence-electron chi connectivity index (χ3n) is 4.00. The van der Waals surface area contributed by atoms with Crippen LogP contribution in [-0.2, 0) is 0 Å². The van der Waals surface area contributed by atoms with Gasteiger partial charge in [0.05, 0.1) is 7.11 Å². The zero-order chi connectivity index (χ0) is 14.5. The van der Waals surface area contributed by atoms with Gasteiger partial charge in [0.15, 0.2) is 5.75 Å². The smallest absolute Gasteiger partial charge is 0.151 e. The van der Waals surface area contributed by atoms with Crippen molar-refractivity contribution in [2.45, 2.75) is 18.8 Å². The number of ether oxygens (including phenoxy) is 1. The van der Waals surface area contributed by atoms with Gasteiger partial charge in [-0.2, -0.15) is 0 Å². The summed E-state index contributed by atoms with van der Waals surface area (Å²) in [6.45, 7) is 1.91. The van der Waals surface area contributed by atoms with Crippen LogP contribution in [0.1, 0.15) is 24.3 Å². The highest BCUT2D eigenvalue weighted by Crippen LogP contribution is 2.29. The third-order valence-corrected chi connectivity index (χ3v) is 4.00. The van der Waals surface area contributed by atoms with Crippen LogP contribution in [0.15, 0.2) is 54.6 Å². The molecule has 21 heavy (non-hydrogen) atoms. The molecule has 0 spiro atoms. The molecule has 1 heterocycles. The fourth-order valence-corrected chi connectivity index (χ4v) is 2.81. The molecule has 3 rings (SSSR count). The standard InChI is InChI=1S/C18H21NO2/c1-20-17-8-5-9-18(14-17)21-19-12-10-16(11-13-19)15-6-3-2-4-7-15/h2-9,14,16H,10-13H2,1H3. The lowest BCUT2D eigenvalue weighted by atomic mass is 9.90. The van der Waals surface area contributed by atoms with E-state index in [4.69, 9.17) is 9.57 Å². The topological polar surface area (TPSA) is 21.7 Å². The highest BCUT2D eigenvalue weighted by atomic mass is 16.7. The van der Waals surface area contributed by atoms with Crippen molar-refractivity contribution in [3.8, 4) is 11.5 Å². The van der Waals surface area contributed by atoms with Crippen molar-refractivity contribution in [1.82, 2.24) is 5.06 Å². The monoisotopic (exact) mass is 283 g/mol. The van der Waals surface area contributed by atoms with E-state index in [9.17, 15) is 0 Å². The largest absolute Gasteiger partial charge is 0.497 e. The number of benzene rings is 2. The summed E-state index contributed by atoms with van der Waals surface area (Å²) in [5.41, 5.74) is 1.44. The van der Waals surface area contributed by atoms with E-state index in [-0.39, 0.29) is 0 Å². The Morgan fingerprint density at radius 2 is 1.62 bits per heavy atom. The van der Waals surface area contributed by atoms with Crippen molar-refractivity contribution in [2.75, 3.05) is 20.2 Å². The van der Waals surface area contributed by atoms with Crippen LogP contribution >= 0.6 is 0 Å². The van der Waals surface area contributed by atoms with Crippen molar-refractivity contribution >= 4 is 0 Å². The zero-order valence-electron chi connectivity index (χ0n) is 12.4. The van der Waals surface area contributed by atoms with Gasteiger partial charge < -0.3 is 9.57 Å². The summed E-state index contributed by atoms with van der Waals surface area (Å²) >= 11 is 0. The summed E-state index contributed by atoms with van der Waals surface area (Å²) in [5, 5.41) is 2.05. The minimum absolute atomic E-state index is 0.649. The van der Waals surface area contributed by atoms with E-state index >= 15 is 0 Å². The van der Waals surface area contributed by atoms with Crippen molar-refractivity contribution in [1.29, 1.82) is 0 Å². The molecular weight excluding hydrogens is 262 g/mol. The van der Waals surface area contributed by atoms with Crippen molar-refractivity contribution in [2.24, 2.45) is 0 Å². The SMILES string of the molecule is COc1cccc(ON2CCC(c3ccccc3)CC2)c1. The van der Waals surface area contributed by atoms with Crippen LogP contribution in [0.4, 0.5) is 0 Å². The van der Waals surface area contributed by atoms with Crippen LogP contribution in [0, 0.1) is 0 Å². The predicted molar refractivity (Wildman–Crippen MR) is 83.6 cm³/mol. The number of hydrogen-bond acceptors (Lipinski definition) is 3. The van der Waals surface area contributed by atoms with E-state index in [1.54, 1.807) is 7.11 Å². The van der Waals surface area contributed by atoms with Gasteiger partial charge in [-0.15, -0.1) is 5.06 Å². The molecule has 1 aliphatic heterocycles. The Morgan fingerprint density at radius 3 is 2.33 bits per heavy atom. The molecule has 3 heteroatoms. The second kappa shape index (κ2) is 6.64. The third kappa shape index (κ3) is 3.56. The van der Waals surface area contributed by atoms with Crippen molar-refractivity contribution < 1.29 is 9.57 Å². The van der Waals surface area contributed by atoms with Crippen LogP contribution in [0.5, 0.6) is 11.5 Å². The highest BCUT2D eigenvalue weighted by Gasteiger charge is 2.21. The molecule has 0 unspecified atom stereocenters. The van der Waals surface area contributed by atoms with Crippen LogP contribution in [0.3, 0.4) is 0 Å². The Labute approximate surface area is 126 Å². The molecule has 0 aliphatic carbocycles. The molecule has 0 radical (unpaired) electrons. The molecule has 0 atom stereocenters. The maximum Gasteiger partial charge on any atom is 0.151 e. The molecule has 0 amide bonds. The number of methoxy groups -OCH3 is 1. The number of hydrogen-bond donors (Lipinski definition) is 0. The quantitative estimate of drug-likeness (QED) is 0.850. The van der Waals surface area contributed by atoms with E-state index in [2.05, 4.69) is 30.3 Å². The second-order valence-electron chi connectivity index (χ2n) is 5.38. The lowest BCUT2D eigenvalue weighted by Crippen LogP contribution is -2.35. The molecule has 3 nitrogen and oxygen atoms in total. The predicted octanol–water partition coefficient (Wildman–Crippen LogP) is 3.87. The first-order chi connectivity index (χ1) is 10.3. The van der Waals surface area contributed by atoms with Crippen molar-refractivity contribution in [3.63, 3.8) is 0 Å². The fourth-order valence-electron chi connectivity index (χ4n) is 2.81. The summed E-state index contributed by atoms with van der Waals surface area (Å²) in [5.74, 6) is 2.32. The van der Waals surface area contributed by atoms with Crippen LogP contribution in [0.2, 0.25) is 0 Å². The first kappa shape index (κ1) is 14.0. The molecule has 1 saturated heterocycles. The average Bonchev–Trinajstić information content (AvgIpc) is 2.56. The number of piperidine rings is 1. The van der Waals surface area contributed by atoms with Crippen LogP contribution < -0.4 is 9.57 Å². The normalized spacial score (nSPS) is 16.6. The first-order valence-corrected chi connectivity index (χ1v) is 7.47. The molecular formula is C18H21NO2. The summed E-state index contributed by atoms with van der Waals surface area (Å²) in [6, 6.07) is 18.5. The fraction of sp³-hybridized carbons (Fsp3) is 0.333. The van der Waals surface area contributed by atoms with E-state index < -0.39 is 0 Å². The number of nitrogens with zero attached hydrogens (tertiary/aromatic N) is 1. The Bertz CT molecular complexity index is 562. The summed E-state index contributed by atoms with van der Waals surface area (Å²) in [7, 11) is 1.67. The molecule has 0 N–H and O–H groups in total. The summed E-state index contributed by atoms with van der Waals surface area (Å²) in [6.07, 6.45) is 2.27. The first-order valence-electron chi connectivity index (χ1n) is 7.47. The lowest BCUT2D eigenvalue weighted by molar-refractivity contribution is -0.0757. The van der Waals surface area contributed by atoms with Gasteiger partial charge in [0.2, 0.25) is 0 Å². The van der Waals surface area contributed by atoms with E-state index in [1.807, 2.05) is 29.3 Å². The molecule has 110 valence electrons. The van der Waals surface area contributed by atoms with Gasteiger partial charge in [0.25, 0.3) is 0 Å². The maximum absolute atomic E-state index is 5.94. The Balaban J connectivity index is 1.56. The average molecular weight is 283 g/mol. The molecule has 2 aromatic carbocycles.